The molecule has 102 valence electrons. The van der Waals surface area contributed by atoms with Crippen LogP contribution < -0.4 is 10.6 Å². The van der Waals surface area contributed by atoms with Gasteiger partial charge in [0.05, 0.1) is 17.4 Å². The van der Waals surface area contributed by atoms with E-state index in [2.05, 4.69) is 20.6 Å². The predicted octanol–water partition coefficient (Wildman–Crippen LogP) is 2.75. The molecule has 2 aromatic rings. The van der Waals surface area contributed by atoms with Gasteiger partial charge in [0.2, 0.25) is 0 Å². The van der Waals surface area contributed by atoms with Crippen LogP contribution in [0.25, 0.3) is 0 Å². The lowest BCUT2D eigenvalue weighted by Crippen LogP contribution is -2.34. The summed E-state index contributed by atoms with van der Waals surface area (Å²) in [7, 11) is 0. The topological polar surface area (TPSA) is 84.0 Å². The number of nitrogens with one attached hydrogen (secondary N) is 2. The summed E-state index contributed by atoms with van der Waals surface area (Å²) in [5.74, 6) is -0.680. The summed E-state index contributed by atoms with van der Waals surface area (Å²) < 4.78 is 0. The Morgan fingerprint density at radius 2 is 1.95 bits per heavy atom. The molecule has 0 fully saturated rings. The van der Waals surface area contributed by atoms with E-state index in [-0.39, 0.29) is 15.9 Å². The van der Waals surface area contributed by atoms with Crippen molar-refractivity contribution in [3.63, 3.8) is 0 Å². The molecule has 6 nitrogen and oxygen atoms in total. The highest BCUT2D eigenvalue weighted by atomic mass is 35.5. The number of halogens is 2. The van der Waals surface area contributed by atoms with Crippen LogP contribution in [0.4, 0.5) is 10.5 Å². The third-order valence-corrected chi connectivity index (χ3v) is 2.70. The monoisotopic (exact) mass is 310 g/mol. The Hall–Kier alpha value is -2.18. The van der Waals surface area contributed by atoms with Gasteiger partial charge >= 0.3 is 6.03 Å². The largest absolute Gasteiger partial charge is 0.326 e. The molecule has 0 spiro atoms. The molecule has 0 aliphatic rings. The number of carbonyl (C=O) groups excluding carboxylic acids is 2. The minimum Gasteiger partial charge on any atom is -0.306 e. The van der Waals surface area contributed by atoms with Crippen LogP contribution in [0.2, 0.25) is 10.3 Å². The molecule has 8 heteroatoms. The lowest BCUT2D eigenvalue weighted by molar-refractivity contribution is 0.0967. The van der Waals surface area contributed by atoms with E-state index in [4.69, 9.17) is 23.2 Å². The fraction of sp³-hybridized carbons (Fsp3) is 0. The van der Waals surface area contributed by atoms with Gasteiger partial charge in [-0.1, -0.05) is 23.2 Å². The number of rotatable bonds is 2. The second kappa shape index (κ2) is 6.31. The van der Waals surface area contributed by atoms with Crippen molar-refractivity contribution in [2.75, 3.05) is 5.32 Å². The minimum atomic E-state index is -0.700. The highest BCUT2D eigenvalue weighted by Crippen LogP contribution is 2.16. The fourth-order valence-corrected chi connectivity index (χ4v) is 1.78. The third-order valence-electron chi connectivity index (χ3n) is 2.21. The van der Waals surface area contributed by atoms with Crippen LogP contribution in [-0.4, -0.2) is 21.9 Å². The van der Waals surface area contributed by atoms with Crippen LogP contribution >= 0.6 is 23.2 Å². The van der Waals surface area contributed by atoms with Crippen molar-refractivity contribution in [2.45, 2.75) is 0 Å². The lowest BCUT2D eigenvalue weighted by atomic mass is 10.3. The van der Waals surface area contributed by atoms with Crippen molar-refractivity contribution in [2.24, 2.45) is 0 Å². The summed E-state index contributed by atoms with van der Waals surface area (Å²) in [6.07, 6.45) is 3.01. The first-order valence-electron chi connectivity index (χ1n) is 5.40. The van der Waals surface area contributed by atoms with Crippen LogP contribution in [0.15, 0.2) is 36.7 Å². The maximum atomic E-state index is 11.8. The molecular weight excluding hydrogens is 303 g/mol. The van der Waals surface area contributed by atoms with Crippen LogP contribution in [0.3, 0.4) is 0 Å². The minimum absolute atomic E-state index is 0.0532. The van der Waals surface area contributed by atoms with E-state index < -0.39 is 11.9 Å². The molecule has 0 atom stereocenters. The molecule has 2 heterocycles. The van der Waals surface area contributed by atoms with Gasteiger partial charge in [0, 0.05) is 6.20 Å². The Kier molecular flexibility index (Phi) is 4.49. The molecule has 0 aliphatic carbocycles. The molecule has 0 bridgehead atoms. The molecule has 2 rings (SSSR count). The molecule has 0 aromatic carbocycles. The van der Waals surface area contributed by atoms with E-state index in [0.717, 1.165) is 0 Å². The van der Waals surface area contributed by atoms with E-state index in [1.807, 2.05) is 0 Å². The average Bonchev–Trinajstić information content (AvgIpc) is 2.39. The zero-order valence-corrected chi connectivity index (χ0v) is 11.4. The Bertz CT molecular complexity index is 649. The van der Waals surface area contributed by atoms with Crippen LogP contribution in [0, 0.1) is 0 Å². The molecule has 3 amide bonds. The third kappa shape index (κ3) is 3.66. The highest BCUT2D eigenvalue weighted by molar-refractivity contribution is 6.35. The first kappa shape index (κ1) is 14.2. The van der Waals surface area contributed by atoms with Crippen molar-refractivity contribution >= 4 is 40.8 Å². The van der Waals surface area contributed by atoms with Gasteiger partial charge in [0.1, 0.15) is 10.3 Å². The van der Waals surface area contributed by atoms with Crippen molar-refractivity contribution in [3.8, 4) is 0 Å². The molecule has 2 N–H and O–H groups in total. The smallest absolute Gasteiger partial charge is 0.306 e. The average molecular weight is 311 g/mol. The second-order valence-corrected chi connectivity index (χ2v) is 4.37. The number of carbonyl (C=O) groups is 2. The highest BCUT2D eigenvalue weighted by Gasteiger charge is 2.14. The maximum absolute atomic E-state index is 11.8. The van der Waals surface area contributed by atoms with Crippen molar-refractivity contribution in [3.05, 3.63) is 52.5 Å². The van der Waals surface area contributed by atoms with Gasteiger partial charge < -0.3 is 5.32 Å². The van der Waals surface area contributed by atoms with Gasteiger partial charge in [0.15, 0.2) is 0 Å². The molecule has 0 radical (unpaired) electrons. The van der Waals surface area contributed by atoms with Crippen LogP contribution in [-0.2, 0) is 0 Å². The number of pyridine rings is 2. The number of hydrogen-bond donors (Lipinski definition) is 2. The number of hydrogen-bond acceptors (Lipinski definition) is 4. The van der Waals surface area contributed by atoms with E-state index in [9.17, 15) is 9.59 Å². The quantitative estimate of drug-likeness (QED) is 0.835. The summed E-state index contributed by atoms with van der Waals surface area (Å²) in [5, 5.41) is 4.65. The molecule has 0 unspecified atom stereocenters. The van der Waals surface area contributed by atoms with E-state index in [0.29, 0.717) is 5.69 Å². The predicted molar refractivity (Wildman–Crippen MR) is 75.0 cm³/mol. The SMILES string of the molecule is O=C(NC(=O)c1ccc(Cl)nc1Cl)Nc1cccnc1. The number of urea groups is 1. The molecule has 0 aliphatic heterocycles. The normalized spacial score (nSPS) is 9.90. The van der Waals surface area contributed by atoms with E-state index in [1.54, 1.807) is 18.3 Å². The van der Waals surface area contributed by atoms with Crippen molar-refractivity contribution in [1.29, 1.82) is 0 Å². The zero-order chi connectivity index (χ0) is 14.5. The lowest BCUT2D eigenvalue weighted by Gasteiger charge is -2.07. The van der Waals surface area contributed by atoms with Crippen LogP contribution in [0.5, 0.6) is 0 Å². The van der Waals surface area contributed by atoms with Gasteiger partial charge in [0.25, 0.3) is 5.91 Å². The molecule has 2 aromatic heterocycles. The molecule has 0 saturated heterocycles. The molecule has 0 saturated carbocycles. The Balaban J connectivity index is 2.02. The number of imide groups is 1. The fourth-order valence-electron chi connectivity index (χ4n) is 1.35. The number of amides is 3. The van der Waals surface area contributed by atoms with E-state index in [1.165, 1.54) is 18.3 Å². The summed E-state index contributed by atoms with van der Waals surface area (Å²) >= 11 is 11.4. The Morgan fingerprint density at radius 3 is 2.60 bits per heavy atom. The molecule has 20 heavy (non-hydrogen) atoms. The van der Waals surface area contributed by atoms with Gasteiger partial charge in [-0.05, 0) is 24.3 Å². The number of nitrogens with zero attached hydrogens (tertiary/aromatic N) is 2. The molecular formula is C12H8Cl2N4O2. The number of aromatic nitrogens is 2. The standard InChI is InChI=1S/C12H8Cl2N4O2/c13-9-4-3-8(10(14)17-9)11(19)18-12(20)16-7-2-1-5-15-6-7/h1-6H,(H2,16,18,19,20). The van der Waals surface area contributed by atoms with E-state index >= 15 is 0 Å². The van der Waals surface area contributed by atoms with Crippen molar-refractivity contribution in [1.82, 2.24) is 15.3 Å². The summed E-state index contributed by atoms with van der Waals surface area (Å²) in [5.41, 5.74) is 0.510. The van der Waals surface area contributed by atoms with Crippen molar-refractivity contribution < 1.29 is 9.59 Å². The van der Waals surface area contributed by atoms with Crippen LogP contribution in [0.1, 0.15) is 10.4 Å². The van der Waals surface area contributed by atoms with Gasteiger partial charge in [-0.2, -0.15) is 0 Å². The van der Waals surface area contributed by atoms with Gasteiger partial charge in [-0.15, -0.1) is 0 Å². The first-order valence-corrected chi connectivity index (χ1v) is 6.16. The summed E-state index contributed by atoms with van der Waals surface area (Å²) in [6.45, 7) is 0. The Morgan fingerprint density at radius 1 is 1.15 bits per heavy atom. The maximum Gasteiger partial charge on any atom is 0.326 e. The Labute approximate surface area is 124 Å². The first-order chi connectivity index (χ1) is 9.56. The summed E-state index contributed by atoms with van der Waals surface area (Å²) in [4.78, 5) is 31.0. The number of anilines is 1. The summed E-state index contributed by atoms with van der Waals surface area (Å²) in [6, 6.07) is 5.37. The van der Waals surface area contributed by atoms with Gasteiger partial charge in [-0.25, -0.2) is 9.78 Å². The second-order valence-electron chi connectivity index (χ2n) is 3.62. The van der Waals surface area contributed by atoms with Gasteiger partial charge in [-0.3, -0.25) is 15.1 Å². The zero-order valence-electron chi connectivity index (χ0n) is 9.93.